The summed E-state index contributed by atoms with van der Waals surface area (Å²) >= 11 is 0. The van der Waals surface area contributed by atoms with Crippen LogP contribution in [0.3, 0.4) is 0 Å². The average Bonchev–Trinajstić information content (AvgIpc) is 1.95. The quantitative estimate of drug-likeness (QED) is 0.521. The van der Waals surface area contributed by atoms with Crippen LogP contribution in [0.4, 0.5) is 0 Å². The SMILES string of the molecule is N#Cc1cccc(O)c1O. The fourth-order valence-corrected chi connectivity index (χ4v) is 0.622. The first-order chi connectivity index (χ1) is 4.75. The number of aromatic hydroxyl groups is 2. The standard InChI is InChI=1S/C7H5NO2/c8-4-5-2-1-3-6(9)7(5)10/h1-3,9-10H. The number of rotatable bonds is 0. The van der Waals surface area contributed by atoms with Crippen molar-refractivity contribution < 1.29 is 10.2 Å². The number of phenols is 2. The molecule has 0 aliphatic heterocycles. The highest BCUT2D eigenvalue weighted by Crippen LogP contribution is 2.26. The Morgan fingerprint density at radius 2 is 2.00 bits per heavy atom. The van der Waals surface area contributed by atoms with Crippen molar-refractivity contribution in [3.63, 3.8) is 0 Å². The zero-order valence-corrected chi connectivity index (χ0v) is 5.07. The monoisotopic (exact) mass is 135 g/mol. The van der Waals surface area contributed by atoms with Gasteiger partial charge in [0.05, 0.1) is 5.56 Å². The van der Waals surface area contributed by atoms with E-state index in [0.29, 0.717) is 0 Å². The van der Waals surface area contributed by atoms with Crippen LogP contribution < -0.4 is 0 Å². The van der Waals surface area contributed by atoms with Crippen molar-refractivity contribution >= 4 is 0 Å². The van der Waals surface area contributed by atoms with Crippen LogP contribution in [0.2, 0.25) is 0 Å². The Kier molecular flexibility index (Phi) is 1.46. The number of nitriles is 1. The maximum Gasteiger partial charge on any atom is 0.175 e. The van der Waals surface area contributed by atoms with Crippen molar-refractivity contribution in [2.24, 2.45) is 0 Å². The highest BCUT2D eigenvalue weighted by molar-refractivity contribution is 5.50. The molecule has 50 valence electrons. The number of para-hydroxylation sites is 1. The largest absolute Gasteiger partial charge is 0.504 e. The van der Waals surface area contributed by atoms with Gasteiger partial charge in [-0.1, -0.05) is 6.07 Å². The van der Waals surface area contributed by atoms with E-state index in [-0.39, 0.29) is 17.1 Å². The van der Waals surface area contributed by atoms with E-state index in [4.69, 9.17) is 15.5 Å². The molecule has 1 rings (SSSR count). The lowest BCUT2D eigenvalue weighted by atomic mass is 10.2. The summed E-state index contributed by atoms with van der Waals surface area (Å²) in [6.45, 7) is 0. The molecule has 0 atom stereocenters. The Bertz CT molecular complexity index is 288. The van der Waals surface area contributed by atoms with Crippen LogP contribution in [-0.2, 0) is 0 Å². The summed E-state index contributed by atoms with van der Waals surface area (Å²) in [5, 5.41) is 26.1. The van der Waals surface area contributed by atoms with Crippen LogP contribution in [-0.4, -0.2) is 10.2 Å². The predicted octanol–water partition coefficient (Wildman–Crippen LogP) is 0.969. The van der Waals surface area contributed by atoms with Gasteiger partial charge in [-0.3, -0.25) is 0 Å². The molecule has 0 saturated heterocycles. The molecule has 1 aromatic carbocycles. The van der Waals surface area contributed by atoms with Crippen molar-refractivity contribution in [3.05, 3.63) is 23.8 Å². The Morgan fingerprint density at radius 1 is 1.30 bits per heavy atom. The van der Waals surface area contributed by atoms with Crippen LogP contribution in [0, 0.1) is 11.3 Å². The first-order valence-electron chi connectivity index (χ1n) is 2.66. The minimum atomic E-state index is -0.356. The van der Waals surface area contributed by atoms with Crippen LogP contribution in [0.1, 0.15) is 5.56 Å². The van der Waals surface area contributed by atoms with E-state index in [9.17, 15) is 0 Å². The summed E-state index contributed by atoms with van der Waals surface area (Å²) in [6.07, 6.45) is 0. The minimum Gasteiger partial charge on any atom is -0.504 e. The van der Waals surface area contributed by atoms with E-state index >= 15 is 0 Å². The van der Waals surface area contributed by atoms with Gasteiger partial charge < -0.3 is 10.2 Å². The van der Waals surface area contributed by atoms with E-state index in [1.807, 2.05) is 0 Å². The van der Waals surface area contributed by atoms with Crippen molar-refractivity contribution in [2.45, 2.75) is 0 Å². The Hall–Kier alpha value is -1.69. The Balaban J connectivity index is 3.31. The molecule has 2 N–H and O–H groups in total. The maximum atomic E-state index is 8.93. The van der Waals surface area contributed by atoms with E-state index in [2.05, 4.69) is 0 Å². The van der Waals surface area contributed by atoms with Crippen LogP contribution in [0.15, 0.2) is 18.2 Å². The molecular weight excluding hydrogens is 130 g/mol. The average molecular weight is 135 g/mol. The van der Waals surface area contributed by atoms with Gasteiger partial charge in [0.25, 0.3) is 0 Å². The molecule has 0 heterocycles. The van der Waals surface area contributed by atoms with Crippen molar-refractivity contribution in [1.29, 1.82) is 5.26 Å². The Labute approximate surface area is 57.8 Å². The van der Waals surface area contributed by atoms with E-state index in [1.165, 1.54) is 18.2 Å². The molecule has 10 heavy (non-hydrogen) atoms. The third-order valence-corrected chi connectivity index (χ3v) is 1.14. The number of hydrogen-bond acceptors (Lipinski definition) is 3. The van der Waals surface area contributed by atoms with Gasteiger partial charge >= 0.3 is 0 Å². The normalized spacial score (nSPS) is 8.70. The zero-order valence-electron chi connectivity index (χ0n) is 5.07. The van der Waals surface area contributed by atoms with Gasteiger partial charge in [0, 0.05) is 0 Å². The molecule has 0 spiro atoms. The first-order valence-corrected chi connectivity index (χ1v) is 2.66. The lowest BCUT2D eigenvalue weighted by Gasteiger charge is -1.95. The van der Waals surface area contributed by atoms with Crippen molar-refractivity contribution in [3.8, 4) is 17.6 Å². The highest BCUT2D eigenvalue weighted by Gasteiger charge is 2.02. The molecular formula is C7H5NO2. The number of benzene rings is 1. The maximum absolute atomic E-state index is 8.93. The van der Waals surface area contributed by atoms with Gasteiger partial charge in [0.2, 0.25) is 0 Å². The fraction of sp³-hybridized carbons (Fsp3) is 0. The second-order valence-corrected chi connectivity index (χ2v) is 1.79. The second kappa shape index (κ2) is 2.28. The van der Waals surface area contributed by atoms with Gasteiger partial charge in [0.15, 0.2) is 11.5 Å². The summed E-state index contributed by atoms with van der Waals surface area (Å²) in [4.78, 5) is 0. The third-order valence-electron chi connectivity index (χ3n) is 1.14. The Morgan fingerprint density at radius 3 is 2.50 bits per heavy atom. The van der Waals surface area contributed by atoms with Gasteiger partial charge in [0.1, 0.15) is 6.07 Å². The van der Waals surface area contributed by atoms with Crippen molar-refractivity contribution in [2.75, 3.05) is 0 Å². The molecule has 0 bridgehead atoms. The summed E-state index contributed by atoms with van der Waals surface area (Å²) in [6, 6.07) is 5.96. The summed E-state index contributed by atoms with van der Waals surface area (Å²) in [5.74, 6) is -0.621. The molecule has 0 aromatic heterocycles. The predicted molar refractivity (Wildman–Crippen MR) is 34.5 cm³/mol. The minimum absolute atomic E-state index is 0.0833. The van der Waals surface area contributed by atoms with E-state index < -0.39 is 0 Å². The molecule has 0 unspecified atom stereocenters. The van der Waals surface area contributed by atoms with Crippen molar-refractivity contribution in [1.82, 2.24) is 0 Å². The molecule has 0 aliphatic rings. The smallest absolute Gasteiger partial charge is 0.175 e. The molecule has 0 radical (unpaired) electrons. The number of hydrogen-bond donors (Lipinski definition) is 2. The summed E-state index contributed by atoms with van der Waals surface area (Å²) in [7, 11) is 0. The van der Waals surface area contributed by atoms with Gasteiger partial charge in [-0.15, -0.1) is 0 Å². The van der Waals surface area contributed by atoms with Crippen LogP contribution >= 0.6 is 0 Å². The van der Waals surface area contributed by atoms with Gasteiger partial charge in [-0.2, -0.15) is 5.26 Å². The van der Waals surface area contributed by atoms with Crippen LogP contribution in [0.5, 0.6) is 11.5 Å². The van der Waals surface area contributed by atoms with Gasteiger partial charge in [-0.25, -0.2) is 0 Å². The molecule has 3 heteroatoms. The molecule has 1 aromatic rings. The summed E-state index contributed by atoms with van der Waals surface area (Å²) < 4.78 is 0. The second-order valence-electron chi connectivity index (χ2n) is 1.79. The van der Waals surface area contributed by atoms with E-state index in [0.717, 1.165) is 0 Å². The molecule has 3 nitrogen and oxygen atoms in total. The molecule has 0 fully saturated rings. The summed E-state index contributed by atoms with van der Waals surface area (Å²) in [5.41, 5.74) is 0.0833. The number of nitrogens with zero attached hydrogens (tertiary/aromatic N) is 1. The van der Waals surface area contributed by atoms with E-state index in [1.54, 1.807) is 6.07 Å². The first kappa shape index (κ1) is 6.43. The molecule has 0 amide bonds. The highest BCUT2D eigenvalue weighted by atomic mass is 16.3. The number of phenolic OH excluding ortho intramolecular Hbond substituents is 2. The zero-order chi connectivity index (χ0) is 7.56. The van der Waals surface area contributed by atoms with Crippen LogP contribution in [0.25, 0.3) is 0 Å². The fourth-order valence-electron chi connectivity index (χ4n) is 0.622. The third kappa shape index (κ3) is 0.869. The molecule has 0 aliphatic carbocycles. The topological polar surface area (TPSA) is 64.2 Å². The van der Waals surface area contributed by atoms with Gasteiger partial charge in [-0.05, 0) is 12.1 Å². The lowest BCUT2D eigenvalue weighted by Crippen LogP contribution is -1.74. The molecule has 0 saturated carbocycles. The lowest BCUT2D eigenvalue weighted by molar-refractivity contribution is 0.402.